The third-order valence-electron chi connectivity index (χ3n) is 2.42. The van der Waals surface area contributed by atoms with Crippen molar-refractivity contribution in [3.8, 4) is 0 Å². The Morgan fingerprint density at radius 3 is 2.67 bits per heavy atom. The first kappa shape index (κ1) is 11.8. The fraction of sp³-hybridized carbons (Fsp3) is 0.800. The van der Waals surface area contributed by atoms with Crippen LogP contribution in [0.25, 0.3) is 0 Å². The highest BCUT2D eigenvalue weighted by Gasteiger charge is 2.24. The second kappa shape index (κ2) is 5.58. The Labute approximate surface area is 89.4 Å². The Morgan fingerprint density at radius 2 is 2.13 bits per heavy atom. The topological polar surface area (TPSA) is 69.6 Å². The maximum atomic E-state index is 11.4. The van der Waals surface area contributed by atoms with Crippen LogP contribution >= 0.6 is 0 Å². The van der Waals surface area contributed by atoms with Crippen LogP contribution in [0.5, 0.6) is 0 Å². The van der Waals surface area contributed by atoms with Crippen LogP contribution in [0, 0.1) is 5.92 Å². The van der Waals surface area contributed by atoms with Crippen molar-refractivity contribution in [1.29, 1.82) is 0 Å². The van der Waals surface area contributed by atoms with E-state index in [0.29, 0.717) is 18.9 Å². The van der Waals surface area contributed by atoms with Crippen LogP contribution in [-0.4, -0.2) is 42.1 Å². The normalized spacial score (nSPS) is 14.7. The summed E-state index contributed by atoms with van der Waals surface area (Å²) >= 11 is 0. The second-order valence-electron chi connectivity index (χ2n) is 4.05. The third kappa shape index (κ3) is 5.24. The highest BCUT2D eigenvalue weighted by molar-refractivity contribution is 5.74. The average molecular weight is 214 g/mol. The van der Waals surface area contributed by atoms with E-state index in [-0.39, 0.29) is 12.5 Å². The van der Waals surface area contributed by atoms with Crippen molar-refractivity contribution in [1.82, 2.24) is 10.2 Å². The summed E-state index contributed by atoms with van der Waals surface area (Å²) in [6.07, 6.45) is 3.03. The molecule has 0 aromatic heterocycles. The lowest BCUT2D eigenvalue weighted by Gasteiger charge is -2.17. The molecule has 0 heterocycles. The van der Waals surface area contributed by atoms with E-state index < -0.39 is 5.97 Å². The molecule has 2 N–H and O–H groups in total. The molecule has 0 bridgehead atoms. The summed E-state index contributed by atoms with van der Waals surface area (Å²) in [6, 6.07) is -0.104. The number of carbonyl (C=O) groups excluding carboxylic acids is 1. The van der Waals surface area contributed by atoms with Crippen LogP contribution in [0.15, 0.2) is 0 Å². The molecular formula is C10H18N2O3. The van der Waals surface area contributed by atoms with E-state index in [1.54, 1.807) is 11.9 Å². The van der Waals surface area contributed by atoms with E-state index in [2.05, 4.69) is 5.32 Å². The number of carbonyl (C=O) groups is 2. The van der Waals surface area contributed by atoms with Crippen LogP contribution in [-0.2, 0) is 4.79 Å². The minimum atomic E-state index is -0.824. The molecule has 1 fully saturated rings. The Morgan fingerprint density at radius 1 is 1.47 bits per heavy atom. The summed E-state index contributed by atoms with van der Waals surface area (Å²) in [5.41, 5.74) is 0. The van der Waals surface area contributed by atoms with Gasteiger partial charge in [0, 0.05) is 26.6 Å². The first-order chi connectivity index (χ1) is 7.09. The molecule has 0 radical (unpaired) electrons. The van der Waals surface area contributed by atoms with E-state index >= 15 is 0 Å². The molecule has 1 saturated carbocycles. The first-order valence-corrected chi connectivity index (χ1v) is 5.30. The van der Waals surface area contributed by atoms with Gasteiger partial charge in [-0.3, -0.25) is 4.79 Å². The lowest BCUT2D eigenvalue weighted by atomic mass is 10.3. The van der Waals surface area contributed by atoms with Gasteiger partial charge in [0.15, 0.2) is 0 Å². The number of carboxylic acids is 1. The largest absolute Gasteiger partial charge is 0.481 e. The molecule has 1 rings (SSSR count). The number of nitrogens with zero attached hydrogens (tertiary/aromatic N) is 1. The van der Waals surface area contributed by atoms with E-state index in [4.69, 9.17) is 5.11 Å². The highest BCUT2D eigenvalue weighted by atomic mass is 16.4. The van der Waals surface area contributed by atoms with Gasteiger partial charge in [-0.1, -0.05) is 0 Å². The molecule has 5 nitrogen and oxygen atoms in total. The van der Waals surface area contributed by atoms with Gasteiger partial charge in [-0.15, -0.1) is 0 Å². The van der Waals surface area contributed by atoms with Crippen molar-refractivity contribution in [3.63, 3.8) is 0 Å². The van der Waals surface area contributed by atoms with Gasteiger partial charge in [0.25, 0.3) is 0 Å². The van der Waals surface area contributed by atoms with Crippen LogP contribution in [0.2, 0.25) is 0 Å². The van der Waals surface area contributed by atoms with Crippen molar-refractivity contribution in [2.45, 2.75) is 25.7 Å². The Hall–Kier alpha value is -1.26. The average Bonchev–Trinajstić information content (AvgIpc) is 2.95. The van der Waals surface area contributed by atoms with Gasteiger partial charge in [-0.05, 0) is 25.2 Å². The molecule has 86 valence electrons. The monoisotopic (exact) mass is 214 g/mol. The van der Waals surface area contributed by atoms with E-state index in [1.165, 1.54) is 12.8 Å². The smallest absolute Gasteiger partial charge is 0.317 e. The zero-order valence-electron chi connectivity index (χ0n) is 9.03. The SMILES string of the molecule is CN(CC1CC1)C(=O)NCCCC(=O)O. The van der Waals surface area contributed by atoms with Gasteiger partial charge in [-0.25, -0.2) is 4.79 Å². The number of hydrogen-bond donors (Lipinski definition) is 2. The zero-order valence-corrected chi connectivity index (χ0v) is 9.03. The molecule has 1 aliphatic rings. The van der Waals surface area contributed by atoms with Gasteiger partial charge in [0.05, 0.1) is 0 Å². The van der Waals surface area contributed by atoms with Gasteiger partial charge in [0.1, 0.15) is 0 Å². The number of hydrogen-bond acceptors (Lipinski definition) is 2. The number of nitrogens with one attached hydrogen (secondary N) is 1. The van der Waals surface area contributed by atoms with Crippen LogP contribution in [0.1, 0.15) is 25.7 Å². The number of carboxylic acid groups (broad SMARTS) is 1. The van der Waals surface area contributed by atoms with Crippen molar-refractivity contribution in [3.05, 3.63) is 0 Å². The molecule has 0 spiro atoms. The first-order valence-electron chi connectivity index (χ1n) is 5.30. The molecule has 0 unspecified atom stereocenters. The quantitative estimate of drug-likeness (QED) is 0.645. The molecule has 0 aromatic rings. The summed E-state index contributed by atoms with van der Waals surface area (Å²) in [7, 11) is 1.77. The molecule has 1 aliphatic carbocycles. The molecule has 0 saturated heterocycles. The number of rotatable bonds is 6. The Balaban J connectivity index is 2.03. The van der Waals surface area contributed by atoms with Gasteiger partial charge < -0.3 is 15.3 Å². The minimum Gasteiger partial charge on any atom is -0.481 e. The number of urea groups is 1. The summed E-state index contributed by atoms with van der Waals surface area (Å²) in [5.74, 6) is -0.143. The maximum Gasteiger partial charge on any atom is 0.317 e. The second-order valence-corrected chi connectivity index (χ2v) is 4.05. The van der Waals surface area contributed by atoms with Gasteiger partial charge in [0.2, 0.25) is 0 Å². The zero-order chi connectivity index (χ0) is 11.3. The summed E-state index contributed by atoms with van der Waals surface area (Å²) < 4.78 is 0. The van der Waals surface area contributed by atoms with Crippen LogP contribution < -0.4 is 5.32 Å². The molecule has 0 atom stereocenters. The minimum absolute atomic E-state index is 0.104. The highest BCUT2D eigenvalue weighted by Crippen LogP contribution is 2.29. The molecule has 5 heteroatoms. The van der Waals surface area contributed by atoms with E-state index in [9.17, 15) is 9.59 Å². The van der Waals surface area contributed by atoms with Crippen molar-refractivity contribution < 1.29 is 14.7 Å². The third-order valence-corrected chi connectivity index (χ3v) is 2.42. The Bertz CT molecular complexity index is 239. The van der Waals surface area contributed by atoms with Crippen molar-refractivity contribution in [2.75, 3.05) is 20.1 Å². The standard InChI is InChI=1S/C10H18N2O3/c1-12(7-8-4-5-8)10(15)11-6-2-3-9(13)14/h8H,2-7H2,1H3,(H,11,15)(H,13,14). The van der Waals surface area contributed by atoms with Gasteiger partial charge >= 0.3 is 12.0 Å². The van der Waals surface area contributed by atoms with E-state index in [0.717, 1.165) is 6.54 Å². The fourth-order valence-corrected chi connectivity index (χ4v) is 1.34. The van der Waals surface area contributed by atoms with E-state index in [1.807, 2.05) is 0 Å². The Kier molecular flexibility index (Phi) is 4.39. The summed E-state index contributed by atoms with van der Waals surface area (Å²) in [5, 5.41) is 11.1. The number of amides is 2. The maximum absolute atomic E-state index is 11.4. The molecule has 0 aliphatic heterocycles. The van der Waals surface area contributed by atoms with Crippen molar-refractivity contribution >= 4 is 12.0 Å². The molecule has 15 heavy (non-hydrogen) atoms. The fourth-order valence-electron chi connectivity index (χ4n) is 1.34. The van der Waals surface area contributed by atoms with Crippen LogP contribution in [0.3, 0.4) is 0 Å². The summed E-state index contributed by atoms with van der Waals surface area (Å²) in [4.78, 5) is 23.3. The predicted octanol–water partition coefficient (Wildman–Crippen LogP) is 0.903. The predicted molar refractivity (Wildman–Crippen MR) is 55.6 cm³/mol. The lowest BCUT2D eigenvalue weighted by Crippen LogP contribution is -2.38. The van der Waals surface area contributed by atoms with Crippen LogP contribution in [0.4, 0.5) is 4.79 Å². The van der Waals surface area contributed by atoms with Gasteiger partial charge in [-0.2, -0.15) is 0 Å². The number of aliphatic carboxylic acids is 1. The lowest BCUT2D eigenvalue weighted by molar-refractivity contribution is -0.137. The molecular weight excluding hydrogens is 196 g/mol. The summed E-state index contributed by atoms with van der Waals surface area (Å²) in [6.45, 7) is 1.24. The van der Waals surface area contributed by atoms with Crippen molar-refractivity contribution in [2.24, 2.45) is 5.92 Å². The molecule has 0 aromatic carbocycles. The molecule has 2 amide bonds.